The van der Waals surface area contributed by atoms with E-state index >= 15 is 0 Å². The molecule has 0 N–H and O–H groups in total. The zero-order valence-electron chi connectivity index (χ0n) is 2.78. The molecule has 0 amide bonds. The van der Waals surface area contributed by atoms with Crippen LogP contribution in [-0.4, -0.2) is 5.88 Å². The lowest BCUT2D eigenvalue weighted by Crippen LogP contribution is -1.45. The van der Waals surface area contributed by atoms with Crippen LogP contribution in [0.2, 0.25) is 0 Å². The Morgan fingerprint density at radius 2 is 2.00 bits per heavy atom. The van der Waals surface area contributed by atoms with Gasteiger partial charge in [-0.25, -0.2) is 0 Å². The first-order chi connectivity index (χ1) is 1.91. The minimum absolute atomic E-state index is 0. The lowest BCUT2D eigenvalue weighted by Gasteiger charge is -1.55. The Labute approximate surface area is 43.2 Å². The van der Waals surface area contributed by atoms with Crippen molar-refractivity contribution >= 4 is 24.0 Å². The molecule has 0 unspecified atom stereocenters. The molecular formula is C3H6Cl2. The molecule has 0 nitrogen and oxygen atoms in total. The highest BCUT2D eigenvalue weighted by Crippen LogP contribution is 1.67. The van der Waals surface area contributed by atoms with Crippen LogP contribution in [0.25, 0.3) is 0 Å². The van der Waals surface area contributed by atoms with Gasteiger partial charge < -0.3 is 0 Å². The molecule has 0 heterocycles. The van der Waals surface area contributed by atoms with Crippen molar-refractivity contribution < 1.29 is 0 Å². The fourth-order valence-corrected chi connectivity index (χ4v) is 0. The van der Waals surface area contributed by atoms with Gasteiger partial charge in [-0.3, -0.25) is 0 Å². The Balaban J connectivity index is 0. The fraction of sp³-hybridized carbons (Fsp3) is 0.333. The molecule has 0 aliphatic rings. The van der Waals surface area contributed by atoms with Crippen LogP contribution in [0.3, 0.4) is 0 Å². The van der Waals surface area contributed by atoms with E-state index in [0.29, 0.717) is 5.88 Å². The molecule has 0 aliphatic carbocycles. The molecule has 5 heavy (non-hydrogen) atoms. The molecular weight excluding hydrogens is 107 g/mol. The van der Waals surface area contributed by atoms with Gasteiger partial charge in [-0.05, 0) is 0 Å². The summed E-state index contributed by atoms with van der Waals surface area (Å²) in [6.45, 7) is 3.35. The van der Waals surface area contributed by atoms with Crippen LogP contribution >= 0.6 is 24.0 Å². The van der Waals surface area contributed by atoms with E-state index in [1.54, 1.807) is 6.08 Å². The summed E-state index contributed by atoms with van der Waals surface area (Å²) in [7, 11) is 0. The summed E-state index contributed by atoms with van der Waals surface area (Å²) >= 11 is 5.07. The first-order valence-electron chi connectivity index (χ1n) is 1.08. The van der Waals surface area contributed by atoms with E-state index in [1.165, 1.54) is 0 Å². The van der Waals surface area contributed by atoms with Crippen molar-refractivity contribution in [3.05, 3.63) is 12.7 Å². The van der Waals surface area contributed by atoms with Crippen molar-refractivity contribution in [2.45, 2.75) is 0 Å². The van der Waals surface area contributed by atoms with Crippen molar-refractivity contribution in [2.24, 2.45) is 0 Å². The maximum atomic E-state index is 5.07. The van der Waals surface area contributed by atoms with Crippen LogP contribution in [0, 0.1) is 0 Å². The molecule has 0 rings (SSSR count). The summed E-state index contributed by atoms with van der Waals surface area (Å²) in [5.41, 5.74) is 0. The van der Waals surface area contributed by atoms with Crippen LogP contribution in [0.4, 0.5) is 0 Å². The second kappa shape index (κ2) is 8.85. The molecule has 0 saturated carbocycles. The number of allylic oxidation sites excluding steroid dienone is 1. The molecule has 0 radical (unpaired) electrons. The fourth-order valence-electron chi connectivity index (χ4n) is 0. The lowest BCUT2D eigenvalue weighted by molar-refractivity contribution is 1.80. The molecule has 0 aromatic heterocycles. The van der Waals surface area contributed by atoms with Gasteiger partial charge >= 0.3 is 0 Å². The Hall–Kier alpha value is 0.320. The zero-order valence-corrected chi connectivity index (χ0v) is 4.35. The molecule has 0 bridgehead atoms. The van der Waals surface area contributed by atoms with E-state index in [-0.39, 0.29) is 12.4 Å². The molecule has 0 aromatic carbocycles. The van der Waals surface area contributed by atoms with Gasteiger partial charge in [-0.15, -0.1) is 30.6 Å². The van der Waals surface area contributed by atoms with Gasteiger partial charge in [0.2, 0.25) is 0 Å². The summed E-state index contributed by atoms with van der Waals surface area (Å²) < 4.78 is 0. The third-order valence-corrected chi connectivity index (χ3v) is 0.327. The van der Waals surface area contributed by atoms with Gasteiger partial charge in [0.15, 0.2) is 0 Å². The van der Waals surface area contributed by atoms with E-state index in [1.807, 2.05) is 0 Å². The molecule has 2 heteroatoms. The van der Waals surface area contributed by atoms with Crippen LogP contribution in [0.15, 0.2) is 12.7 Å². The first kappa shape index (κ1) is 9.01. The summed E-state index contributed by atoms with van der Waals surface area (Å²) in [6.07, 6.45) is 1.64. The van der Waals surface area contributed by atoms with Gasteiger partial charge in [0.05, 0.1) is 0 Å². The van der Waals surface area contributed by atoms with E-state index < -0.39 is 0 Å². The van der Waals surface area contributed by atoms with Crippen molar-refractivity contribution in [3.8, 4) is 0 Å². The number of hydrogen-bond donors (Lipinski definition) is 0. The van der Waals surface area contributed by atoms with Crippen LogP contribution in [0.1, 0.15) is 0 Å². The third-order valence-electron chi connectivity index (χ3n) is 0.109. The maximum Gasteiger partial charge on any atom is 0.0401 e. The molecule has 0 atom stereocenters. The minimum Gasteiger partial charge on any atom is -0.147 e. The summed E-state index contributed by atoms with van der Waals surface area (Å²) in [4.78, 5) is 0. The first-order valence-corrected chi connectivity index (χ1v) is 1.62. The Morgan fingerprint density at radius 3 is 2.00 bits per heavy atom. The van der Waals surface area contributed by atoms with Gasteiger partial charge in [0.25, 0.3) is 0 Å². The lowest BCUT2D eigenvalue weighted by atomic mass is 10.8. The Kier molecular flexibility index (Phi) is 15.9. The number of alkyl halides is 1. The predicted molar refractivity (Wildman–Crippen MR) is 28.2 cm³/mol. The van der Waals surface area contributed by atoms with E-state index in [4.69, 9.17) is 11.6 Å². The van der Waals surface area contributed by atoms with Gasteiger partial charge in [0.1, 0.15) is 0 Å². The number of hydrogen-bond acceptors (Lipinski definition) is 0. The van der Waals surface area contributed by atoms with Crippen molar-refractivity contribution in [2.75, 3.05) is 5.88 Å². The Bertz CT molecular complexity index is 18.9. The summed E-state index contributed by atoms with van der Waals surface area (Å²) in [6, 6.07) is 0. The van der Waals surface area contributed by atoms with Crippen LogP contribution in [0.5, 0.6) is 0 Å². The molecule has 0 spiro atoms. The van der Waals surface area contributed by atoms with Gasteiger partial charge in [0, 0.05) is 5.88 Å². The number of halogens is 2. The molecule has 0 aliphatic heterocycles. The highest BCUT2D eigenvalue weighted by atomic mass is 35.5. The van der Waals surface area contributed by atoms with Crippen LogP contribution in [-0.2, 0) is 0 Å². The third kappa shape index (κ3) is 13.3. The second-order valence-electron chi connectivity index (χ2n) is 0.443. The smallest absolute Gasteiger partial charge is 0.0401 e. The normalized spacial score (nSPS) is 5.00. The predicted octanol–water partition coefficient (Wildman–Crippen LogP) is 1.83. The molecule has 32 valence electrons. The average Bonchev–Trinajstić information content (AvgIpc) is 1.37. The second-order valence-corrected chi connectivity index (χ2v) is 0.752. The summed E-state index contributed by atoms with van der Waals surface area (Å²) in [5, 5.41) is 0. The summed E-state index contributed by atoms with van der Waals surface area (Å²) in [5.74, 6) is 0.556. The van der Waals surface area contributed by atoms with Crippen molar-refractivity contribution in [1.82, 2.24) is 0 Å². The zero-order chi connectivity index (χ0) is 3.41. The molecule has 0 saturated heterocycles. The highest BCUT2D eigenvalue weighted by Gasteiger charge is 1.48. The van der Waals surface area contributed by atoms with E-state index in [9.17, 15) is 0 Å². The van der Waals surface area contributed by atoms with E-state index in [0.717, 1.165) is 0 Å². The molecule has 0 fully saturated rings. The SMILES string of the molecule is C=CCCl.Cl. The highest BCUT2D eigenvalue weighted by molar-refractivity contribution is 6.18. The number of rotatable bonds is 1. The minimum atomic E-state index is 0. The van der Waals surface area contributed by atoms with Gasteiger partial charge in [-0.1, -0.05) is 6.08 Å². The monoisotopic (exact) mass is 112 g/mol. The van der Waals surface area contributed by atoms with Crippen molar-refractivity contribution in [3.63, 3.8) is 0 Å². The average molecular weight is 113 g/mol. The largest absolute Gasteiger partial charge is 0.147 e. The quantitative estimate of drug-likeness (QED) is 0.359. The van der Waals surface area contributed by atoms with Crippen molar-refractivity contribution in [1.29, 1.82) is 0 Å². The maximum absolute atomic E-state index is 5.07. The standard InChI is InChI=1S/C3H5Cl.ClH/c1-2-3-4;/h2H,1,3H2;1H. The molecule has 0 aromatic rings. The Morgan fingerprint density at radius 1 is 1.80 bits per heavy atom. The van der Waals surface area contributed by atoms with Crippen LogP contribution < -0.4 is 0 Å². The van der Waals surface area contributed by atoms with Gasteiger partial charge in [-0.2, -0.15) is 0 Å². The van der Waals surface area contributed by atoms with E-state index in [2.05, 4.69) is 6.58 Å². The topological polar surface area (TPSA) is 0 Å².